The number of benzene rings is 1. The average molecular weight is 382 g/mol. The number of piperidine rings is 1. The SMILES string of the molecule is COCCOc1cc(C(=O)N2CCCCC2)cc2oc(Br)cc12. The molecule has 0 bridgehead atoms. The predicted octanol–water partition coefficient (Wildman–Crippen LogP) is 3.85. The number of ether oxygens (including phenoxy) is 2. The van der Waals surface area contributed by atoms with Crippen LogP contribution in [0.5, 0.6) is 5.75 Å². The molecule has 1 aromatic heterocycles. The van der Waals surface area contributed by atoms with E-state index in [1.54, 1.807) is 19.2 Å². The Kier molecular flexibility index (Phi) is 5.23. The standard InChI is InChI=1S/C17H20BrNO4/c1-21-7-8-22-14-9-12(10-15-13(14)11-16(18)23-15)17(20)19-5-3-2-4-6-19/h9-11H,2-8H2,1H3. The highest BCUT2D eigenvalue weighted by Gasteiger charge is 2.21. The van der Waals surface area contributed by atoms with Gasteiger partial charge in [-0.25, -0.2) is 0 Å². The molecular weight excluding hydrogens is 362 g/mol. The van der Waals surface area contributed by atoms with Crippen molar-refractivity contribution < 1.29 is 18.7 Å². The maximum Gasteiger partial charge on any atom is 0.254 e. The second-order valence-corrected chi connectivity index (χ2v) is 6.41. The first kappa shape index (κ1) is 16.3. The number of fused-ring (bicyclic) bond motifs is 1. The van der Waals surface area contributed by atoms with Gasteiger partial charge in [0.05, 0.1) is 12.0 Å². The summed E-state index contributed by atoms with van der Waals surface area (Å²) in [4.78, 5) is 14.6. The van der Waals surface area contributed by atoms with Gasteiger partial charge in [0.25, 0.3) is 5.91 Å². The molecule has 6 heteroatoms. The van der Waals surface area contributed by atoms with E-state index >= 15 is 0 Å². The smallest absolute Gasteiger partial charge is 0.254 e. The summed E-state index contributed by atoms with van der Waals surface area (Å²) in [5.74, 6) is 0.685. The number of likely N-dealkylation sites (tertiary alicyclic amines) is 1. The molecule has 1 aliphatic rings. The van der Waals surface area contributed by atoms with Crippen LogP contribution in [0.25, 0.3) is 11.0 Å². The lowest BCUT2D eigenvalue weighted by Crippen LogP contribution is -2.35. The Bertz CT molecular complexity index is 691. The molecule has 2 aromatic rings. The number of amides is 1. The molecule has 0 radical (unpaired) electrons. The van der Waals surface area contributed by atoms with E-state index in [1.807, 2.05) is 11.0 Å². The topological polar surface area (TPSA) is 51.9 Å². The zero-order valence-electron chi connectivity index (χ0n) is 13.1. The molecule has 0 saturated carbocycles. The number of carbonyl (C=O) groups is 1. The lowest BCUT2D eigenvalue weighted by molar-refractivity contribution is 0.0723. The van der Waals surface area contributed by atoms with Gasteiger partial charge in [-0.05, 0) is 47.3 Å². The molecule has 124 valence electrons. The van der Waals surface area contributed by atoms with E-state index in [-0.39, 0.29) is 5.91 Å². The van der Waals surface area contributed by atoms with Gasteiger partial charge in [-0.2, -0.15) is 0 Å². The molecule has 0 atom stereocenters. The monoisotopic (exact) mass is 381 g/mol. The molecule has 1 aromatic carbocycles. The molecule has 0 aliphatic carbocycles. The van der Waals surface area contributed by atoms with Crippen LogP contribution in [-0.2, 0) is 4.74 Å². The number of hydrogen-bond acceptors (Lipinski definition) is 4. The molecule has 3 rings (SSSR count). The van der Waals surface area contributed by atoms with Gasteiger partial charge in [0.1, 0.15) is 17.9 Å². The number of halogens is 1. The van der Waals surface area contributed by atoms with Crippen molar-refractivity contribution >= 4 is 32.8 Å². The van der Waals surface area contributed by atoms with Crippen molar-refractivity contribution in [1.29, 1.82) is 0 Å². The largest absolute Gasteiger partial charge is 0.490 e. The quantitative estimate of drug-likeness (QED) is 0.738. The molecule has 1 fully saturated rings. The summed E-state index contributed by atoms with van der Waals surface area (Å²) in [6, 6.07) is 5.45. The van der Waals surface area contributed by atoms with Gasteiger partial charge in [0, 0.05) is 31.8 Å². The number of carbonyl (C=O) groups excluding carboxylic acids is 1. The Balaban J connectivity index is 1.91. The predicted molar refractivity (Wildman–Crippen MR) is 91.0 cm³/mol. The lowest BCUT2D eigenvalue weighted by Gasteiger charge is -2.26. The van der Waals surface area contributed by atoms with Crippen molar-refractivity contribution in [2.75, 3.05) is 33.4 Å². The number of methoxy groups -OCH3 is 1. The maximum absolute atomic E-state index is 12.7. The first-order valence-electron chi connectivity index (χ1n) is 7.83. The fourth-order valence-corrected chi connectivity index (χ4v) is 3.24. The first-order valence-corrected chi connectivity index (χ1v) is 8.62. The summed E-state index contributed by atoms with van der Waals surface area (Å²) in [6.07, 6.45) is 3.33. The van der Waals surface area contributed by atoms with Crippen molar-refractivity contribution in [3.8, 4) is 5.75 Å². The third-order valence-corrected chi connectivity index (χ3v) is 4.40. The second-order valence-electron chi connectivity index (χ2n) is 5.63. The van der Waals surface area contributed by atoms with Crippen molar-refractivity contribution in [3.63, 3.8) is 0 Å². The van der Waals surface area contributed by atoms with Gasteiger partial charge in [0.15, 0.2) is 4.67 Å². The molecule has 1 aliphatic heterocycles. The normalized spacial score (nSPS) is 15.1. The van der Waals surface area contributed by atoms with Gasteiger partial charge in [0.2, 0.25) is 0 Å². The molecule has 1 amide bonds. The number of furan rings is 1. The summed E-state index contributed by atoms with van der Waals surface area (Å²) < 4.78 is 17.0. The third kappa shape index (κ3) is 3.70. The minimum absolute atomic E-state index is 0.0377. The van der Waals surface area contributed by atoms with E-state index < -0.39 is 0 Å². The Morgan fingerprint density at radius 1 is 1.22 bits per heavy atom. The molecule has 0 unspecified atom stereocenters. The van der Waals surface area contributed by atoms with E-state index in [4.69, 9.17) is 13.9 Å². The van der Waals surface area contributed by atoms with Crippen LogP contribution in [0.2, 0.25) is 0 Å². The van der Waals surface area contributed by atoms with Gasteiger partial charge in [-0.15, -0.1) is 0 Å². The highest BCUT2D eigenvalue weighted by atomic mass is 79.9. The molecule has 2 heterocycles. The van der Waals surface area contributed by atoms with Gasteiger partial charge >= 0.3 is 0 Å². The van der Waals surface area contributed by atoms with Crippen molar-refractivity contribution in [1.82, 2.24) is 4.90 Å². The fourth-order valence-electron chi connectivity index (χ4n) is 2.83. The van der Waals surface area contributed by atoms with Gasteiger partial charge < -0.3 is 18.8 Å². The van der Waals surface area contributed by atoms with Crippen molar-refractivity contribution in [2.24, 2.45) is 0 Å². The molecule has 0 N–H and O–H groups in total. The van der Waals surface area contributed by atoms with Crippen molar-refractivity contribution in [2.45, 2.75) is 19.3 Å². The van der Waals surface area contributed by atoms with Crippen LogP contribution in [0, 0.1) is 0 Å². The van der Waals surface area contributed by atoms with E-state index in [1.165, 1.54) is 6.42 Å². The second kappa shape index (κ2) is 7.36. The Morgan fingerprint density at radius 3 is 2.74 bits per heavy atom. The Hall–Kier alpha value is -1.53. The van der Waals surface area contributed by atoms with Crippen LogP contribution in [-0.4, -0.2) is 44.2 Å². The molecule has 5 nitrogen and oxygen atoms in total. The van der Waals surface area contributed by atoms with Crippen LogP contribution in [0.15, 0.2) is 27.3 Å². The highest BCUT2D eigenvalue weighted by molar-refractivity contribution is 9.10. The van der Waals surface area contributed by atoms with Crippen LogP contribution in [0.4, 0.5) is 0 Å². The Labute approximate surface area is 143 Å². The zero-order valence-corrected chi connectivity index (χ0v) is 14.7. The zero-order chi connectivity index (χ0) is 16.2. The highest BCUT2D eigenvalue weighted by Crippen LogP contribution is 2.33. The van der Waals surface area contributed by atoms with E-state index in [0.717, 1.165) is 31.3 Å². The van der Waals surface area contributed by atoms with Crippen LogP contribution >= 0.6 is 15.9 Å². The van der Waals surface area contributed by atoms with Crippen LogP contribution < -0.4 is 4.74 Å². The number of hydrogen-bond donors (Lipinski definition) is 0. The third-order valence-electron chi connectivity index (χ3n) is 4.00. The average Bonchev–Trinajstić information content (AvgIpc) is 2.95. The maximum atomic E-state index is 12.7. The number of rotatable bonds is 5. The lowest BCUT2D eigenvalue weighted by atomic mass is 10.1. The molecule has 23 heavy (non-hydrogen) atoms. The summed E-state index contributed by atoms with van der Waals surface area (Å²) in [7, 11) is 1.63. The summed E-state index contributed by atoms with van der Waals surface area (Å²) >= 11 is 3.34. The first-order chi connectivity index (χ1) is 11.2. The summed E-state index contributed by atoms with van der Waals surface area (Å²) in [6.45, 7) is 2.55. The van der Waals surface area contributed by atoms with E-state index in [0.29, 0.717) is 34.8 Å². The van der Waals surface area contributed by atoms with E-state index in [9.17, 15) is 4.79 Å². The summed E-state index contributed by atoms with van der Waals surface area (Å²) in [5.41, 5.74) is 1.25. The minimum Gasteiger partial charge on any atom is -0.490 e. The number of nitrogens with zero attached hydrogens (tertiary/aromatic N) is 1. The summed E-state index contributed by atoms with van der Waals surface area (Å²) in [5, 5.41) is 0.850. The fraction of sp³-hybridized carbons (Fsp3) is 0.471. The van der Waals surface area contributed by atoms with Crippen LogP contribution in [0.1, 0.15) is 29.6 Å². The Morgan fingerprint density at radius 2 is 2.00 bits per heavy atom. The van der Waals surface area contributed by atoms with Gasteiger partial charge in [-0.3, -0.25) is 4.79 Å². The van der Waals surface area contributed by atoms with Gasteiger partial charge in [-0.1, -0.05) is 0 Å². The molecule has 1 saturated heterocycles. The molecule has 0 spiro atoms. The van der Waals surface area contributed by atoms with Crippen LogP contribution in [0.3, 0.4) is 0 Å². The molecular formula is C17H20BrNO4. The minimum atomic E-state index is 0.0377. The van der Waals surface area contributed by atoms with E-state index in [2.05, 4.69) is 15.9 Å². The van der Waals surface area contributed by atoms with Crippen molar-refractivity contribution in [3.05, 3.63) is 28.4 Å².